The van der Waals surface area contributed by atoms with E-state index in [1.165, 1.54) is 11.1 Å². The van der Waals surface area contributed by atoms with Gasteiger partial charge in [-0.05, 0) is 74.1 Å². The third-order valence-corrected chi connectivity index (χ3v) is 5.17. The third kappa shape index (κ3) is 3.08. The minimum atomic E-state index is -0.205. The highest BCUT2D eigenvalue weighted by atomic mass is 35.5. The van der Waals surface area contributed by atoms with Crippen LogP contribution < -0.4 is 4.90 Å². The van der Waals surface area contributed by atoms with E-state index < -0.39 is 0 Å². The number of fused-ring (bicyclic) bond motifs is 1. The molecule has 0 bridgehead atoms. The van der Waals surface area contributed by atoms with E-state index in [-0.39, 0.29) is 11.4 Å². The molecular formula is C21H24ClNO. The molecule has 0 aromatic heterocycles. The first-order chi connectivity index (χ1) is 11.3. The molecule has 0 radical (unpaired) electrons. The van der Waals surface area contributed by atoms with Crippen LogP contribution in [-0.2, 0) is 6.42 Å². The lowest BCUT2D eigenvalue weighted by Gasteiger charge is -2.43. The summed E-state index contributed by atoms with van der Waals surface area (Å²) in [6.07, 6.45) is 1.97. The molecule has 2 aromatic rings. The maximum Gasteiger partial charge on any atom is 0.258 e. The Labute approximate surface area is 149 Å². The Morgan fingerprint density at radius 3 is 2.42 bits per heavy atom. The molecule has 1 heterocycles. The van der Waals surface area contributed by atoms with Gasteiger partial charge in [-0.25, -0.2) is 0 Å². The summed E-state index contributed by atoms with van der Waals surface area (Å²) in [5.74, 6) is 0.528. The quantitative estimate of drug-likeness (QED) is 0.672. The second-order valence-electron chi connectivity index (χ2n) is 7.50. The Balaban J connectivity index is 2.05. The summed E-state index contributed by atoms with van der Waals surface area (Å²) in [5, 5.41) is 0.645. The summed E-state index contributed by atoms with van der Waals surface area (Å²) >= 11 is 5.96. The van der Waals surface area contributed by atoms with Gasteiger partial charge in [0.15, 0.2) is 0 Å². The Bertz CT molecular complexity index is 762. The van der Waals surface area contributed by atoms with Crippen LogP contribution in [0.4, 0.5) is 5.69 Å². The molecule has 1 amide bonds. The van der Waals surface area contributed by atoms with Crippen LogP contribution in [0.3, 0.4) is 0 Å². The maximum absolute atomic E-state index is 13.2. The Hall–Kier alpha value is -1.80. The van der Waals surface area contributed by atoms with Gasteiger partial charge in [0.2, 0.25) is 0 Å². The van der Waals surface area contributed by atoms with Gasteiger partial charge in [0.25, 0.3) is 5.91 Å². The van der Waals surface area contributed by atoms with E-state index >= 15 is 0 Å². The van der Waals surface area contributed by atoms with Gasteiger partial charge in [0.1, 0.15) is 0 Å². The topological polar surface area (TPSA) is 20.3 Å². The van der Waals surface area contributed by atoms with Gasteiger partial charge < -0.3 is 4.90 Å². The molecule has 2 aromatic carbocycles. The summed E-state index contributed by atoms with van der Waals surface area (Å²) in [5.41, 5.74) is 4.10. The van der Waals surface area contributed by atoms with Crippen LogP contribution in [-0.4, -0.2) is 11.4 Å². The van der Waals surface area contributed by atoms with Crippen LogP contribution in [0.1, 0.15) is 61.5 Å². The number of benzene rings is 2. The van der Waals surface area contributed by atoms with Crippen molar-refractivity contribution in [2.24, 2.45) is 0 Å². The second kappa shape index (κ2) is 6.25. The lowest BCUT2D eigenvalue weighted by atomic mass is 9.84. The van der Waals surface area contributed by atoms with Crippen molar-refractivity contribution in [1.29, 1.82) is 0 Å². The zero-order valence-electron chi connectivity index (χ0n) is 14.8. The molecule has 0 N–H and O–H groups in total. The van der Waals surface area contributed by atoms with E-state index in [2.05, 4.69) is 45.9 Å². The predicted molar refractivity (Wildman–Crippen MR) is 101 cm³/mol. The molecule has 2 nitrogen and oxygen atoms in total. The normalized spacial score (nSPS) is 16.2. The first-order valence-electron chi connectivity index (χ1n) is 8.52. The molecule has 0 spiro atoms. The van der Waals surface area contributed by atoms with Crippen LogP contribution in [0.2, 0.25) is 5.02 Å². The Morgan fingerprint density at radius 1 is 1.12 bits per heavy atom. The first kappa shape index (κ1) is 17.0. The zero-order valence-corrected chi connectivity index (χ0v) is 15.5. The summed E-state index contributed by atoms with van der Waals surface area (Å²) < 4.78 is 0. The van der Waals surface area contributed by atoms with Crippen LogP contribution in [0.25, 0.3) is 0 Å². The van der Waals surface area contributed by atoms with Gasteiger partial charge in [-0.2, -0.15) is 0 Å². The van der Waals surface area contributed by atoms with Crippen molar-refractivity contribution < 1.29 is 4.79 Å². The summed E-state index contributed by atoms with van der Waals surface area (Å²) in [7, 11) is 0. The number of carbonyl (C=O) groups is 1. The van der Waals surface area contributed by atoms with E-state index in [0.29, 0.717) is 16.5 Å². The number of rotatable bonds is 2. The molecule has 0 saturated carbocycles. The number of hydrogen-bond acceptors (Lipinski definition) is 1. The lowest BCUT2D eigenvalue weighted by Crippen LogP contribution is -2.51. The molecule has 126 valence electrons. The number of nitrogens with zero attached hydrogens (tertiary/aromatic N) is 1. The van der Waals surface area contributed by atoms with Crippen molar-refractivity contribution in [2.75, 3.05) is 4.90 Å². The zero-order chi connectivity index (χ0) is 17.5. The van der Waals surface area contributed by atoms with Gasteiger partial charge in [-0.3, -0.25) is 4.79 Å². The highest BCUT2D eigenvalue weighted by Gasteiger charge is 2.37. The van der Waals surface area contributed by atoms with Gasteiger partial charge in [-0.1, -0.05) is 37.6 Å². The monoisotopic (exact) mass is 341 g/mol. The summed E-state index contributed by atoms with van der Waals surface area (Å²) in [4.78, 5) is 15.1. The Kier molecular flexibility index (Phi) is 4.44. The molecule has 3 heteroatoms. The summed E-state index contributed by atoms with van der Waals surface area (Å²) in [6, 6.07) is 13.7. The van der Waals surface area contributed by atoms with Gasteiger partial charge >= 0.3 is 0 Å². The molecule has 1 aliphatic heterocycles. The van der Waals surface area contributed by atoms with E-state index in [1.807, 2.05) is 4.90 Å². The lowest BCUT2D eigenvalue weighted by molar-refractivity contribution is 0.0956. The smallest absolute Gasteiger partial charge is 0.258 e. The molecule has 1 aliphatic rings. The molecule has 0 unspecified atom stereocenters. The van der Waals surface area contributed by atoms with Crippen molar-refractivity contribution in [3.05, 3.63) is 64.2 Å². The van der Waals surface area contributed by atoms with E-state index in [1.54, 1.807) is 24.3 Å². The fourth-order valence-corrected chi connectivity index (χ4v) is 3.49. The van der Waals surface area contributed by atoms with Gasteiger partial charge in [0.05, 0.1) is 0 Å². The fourth-order valence-electron chi connectivity index (χ4n) is 3.37. The van der Waals surface area contributed by atoms with Crippen LogP contribution >= 0.6 is 11.6 Å². The number of carbonyl (C=O) groups excluding carboxylic acids is 1. The van der Waals surface area contributed by atoms with Crippen molar-refractivity contribution in [3.63, 3.8) is 0 Å². The van der Waals surface area contributed by atoms with Crippen LogP contribution in [0.5, 0.6) is 0 Å². The average molecular weight is 342 g/mol. The highest BCUT2D eigenvalue weighted by Crippen LogP contribution is 2.39. The predicted octanol–water partition coefficient (Wildman–Crippen LogP) is 5.84. The molecule has 24 heavy (non-hydrogen) atoms. The van der Waals surface area contributed by atoms with Crippen LogP contribution in [0.15, 0.2) is 42.5 Å². The number of anilines is 1. The van der Waals surface area contributed by atoms with E-state index in [0.717, 1.165) is 18.5 Å². The van der Waals surface area contributed by atoms with Crippen molar-refractivity contribution in [1.82, 2.24) is 0 Å². The molecule has 0 aliphatic carbocycles. The fraction of sp³-hybridized carbons (Fsp3) is 0.381. The summed E-state index contributed by atoms with van der Waals surface area (Å²) in [6.45, 7) is 8.68. The first-order valence-corrected chi connectivity index (χ1v) is 8.90. The molecule has 0 saturated heterocycles. The molecular weight excluding hydrogens is 318 g/mol. The third-order valence-electron chi connectivity index (χ3n) is 4.92. The highest BCUT2D eigenvalue weighted by molar-refractivity contribution is 6.30. The molecule has 0 fully saturated rings. The van der Waals surface area contributed by atoms with Gasteiger partial charge in [0, 0.05) is 21.8 Å². The second-order valence-corrected chi connectivity index (χ2v) is 7.94. The minimum absolute atomic E-state index is 0.0370. The number of hydrogen-bond donors (Lipinski definition) is 0. The van der Waals surface area contributed by atoms with E-state index in [9.17, 15) is 4.79 Å². The number of halogens is 1. The van der Waals surface area contributed by atoms with Crippen LogP contribution in [0, 0.1) is 0 Å². The minimum Gasteiger partial charge on any atom is -0.303 e. The van der Waals surface area contributed by atoms with E-state index in [4.69, 9.17) is 11.6 Å². The largest absolute Gasteiger partial charge is 0.303 e. The van der Waals surface area contributed by atoms with Crippen molar-refractivity contribution in [2.45, 2.75) is 52.0 Å². The molecule has 0 atom stereocenters. The number of aryl methyl sites for hydroxylation is 1. The van der Waals surface area contributed by atoms with Gasteiger partial charge in [-0.15, -0.1) is 0 Å². The standard InChI is InChI=1S/C21H24ClNO/c1-14(2)16-7-10-19-17(13-16)11-12-21(3,4)23(19)20(24)15-5-8-18(22)9-6-15/h5-10,13-14H,11-12H2,1-4H3. The van der Waals surface area contributed by atoms with Crippen molar-refractivity contribution >= 4 is 23.2 Å². The SMILES string of the molecule is CC(C)c1ccc2c(c1)CCC(C)(C)N2C(=O)c1ccc(Cl)cc1. The maximum atomic E-state index is 13.2. The van der Waals surface area contributed by atoms with Crippen molar-refractivity contribution in [3.8, 4) is 0 Å². The molecule has 3 rings (SSSR count). The average Bonchev–Trinajstić information content (AvgIpc) is 2.53. The Morgan fingerprint density at radius 2 is 1.79 bits per heavy atom. The number of amides is 1.